The molecule has 0 aromatic rings. The summed E-state index contributed by atoms with van der Waals surface area (Å²) in [6.07, 6.45) is -0.452. The minimum Gasteiger partial charge on any atom is -0.218 e. The number of alkyl halides is 6. The van der Waals surface area contributed by atoms with Gasteiger partial charge in [0.25, 0.3) is 5.13 Å². The molecule has 62 valence electrons. The van der Waals surface area contributed by atoms with Gasteiger partial charge in [-0.1, -0.05) is 27.5 Å². The van der Waals surface area contributed by atoms with Crippen LogP contribution >= 0.6 is 43.5 Å². The quantitative estimate of drug-likeness (QED) is 0.698. The summed E-state index contributed by atoms with van der Waals surface area (Å²) in [7, 11) is 0. The van der Waals surface area contributed by atoms with Gasteiger partial charge in [0.15, 0.2) is 0 Å². The van der Waals surface area contributed by atoms with Crippen molar-refractivity contribution in [1.82, 2.24) is 0 Å². The largest absolute Gasteiger partial charge is 0.348 e. The van der Waals surface area contributed by atoms with Gasteiger partial charge >= 0.3 is 4.83 Å². The van der Waals surface area contributed by atoms with Crippen LogP contribution in [-0.2, 0) is 0 Å². The van der Waals surface area contributed by atoms with Crippen molar-refractivity contribution < 1.29 is 13.2 Å². The fourth-order valence-electron chi connectivity index (χ4n) is 0.260. The minimum atomic E-state index is -3.67. The van der Waals surface area contributed by atoms with Crippen molar-refractivity contribution in [3.63, 3.8) is 0 Å². The molecule has 0 saturated carbocycles. The Hall–Kier alpha value is 1.04. The normalized spacial score (nSPS) is 18.6. The van der Waals surface area contributed by atoms with Crippen LogP contribution in [0.5, 0.6) is 0 Å². The third kappa shape index (κ3) is 2.96. The second-order valence-electron chi connectivity index (χ2n) is 1.64. The Balaban J connectivity index is 4.10. The molecule has 0 fully saturated rings. The van der Waals surface area contributed by atoms with Gasteiger partial charge in [0.05, 0.1) is 0 Å². The average Bonchev–Trinajstić information content (AvgIpc) is 1.61. The Morgan fingerprint density at radius 3 is 1.80 bits per heavy atom. The molecule has 0 bridgehead atoms. The van der Waals surface area contributed by atoms with Crippen molar-refractivity contribution in [3.05, 3.63) is 0 Å². The Kier molecular flexibility index (Phi) is 4.00. The summed E-state index contributed by atoms with van der Waals surface area (Å²) in [5, 5.41) is -2.91. The van der Waals surface area contributed by atoms with Gasteiger partial charge in [-0.25, -0.2) is 4.39 Å². The first-order chi connectivity index (χ1) is 4.31. The number of hydrogen-bond donors (Lipinski definition) is 0. The van der Waals surface area contributed by atoms with E-state index in [1.165, 1.54) is 0 Å². The molecule has 6 heteroatoms. The van der Waals surface area contributed by atoms with Crippen molar-refractivity contribution in [2.75, 3.05) is 5.33 Å². The van der Waals surface area contributed by atoms with Crippen LogP contribution in [0.15, 0.2) is 0 Å². The van der Waals surface area contributed by atoms with E-state index in [4.69, 9.17) is 11.6 Å². The third-order valence-electron chi connectivity index (χ3n) is 0.823. The molecule has 0 amide bonds. The lowest BCUT2D eigenvalue weighted by atomic mass is 10.3. The predicted molar refractivity (Wildman–Crippen MR) is 42.0 cm³/mol. The smallest absolute Gasteiger partial charge is 0.218 e. The van der Waals surface area contributed by atoms with Crippen LogP contribution < -0.4 is 0 Å². The third-order valence-corrected chi connectivity index (χ3v) is 2.50. The second kappa shape index (κ2) is 3.63. The Morgan fingerprint density at radius 1 is 1.30 bits per heavy atom. The maximum Gasteiger partial charge on any atom is 0.348 e. The second-order valence-corrected chi connectivity index (χ2v) is 4.03. The van der Waals surface area contributed by atoms with Gasteiger partial charge in [-0.2, -0.15) is 8.78 Å². The number of hydrogen-bond acceptors (Lipinski definition) is 0. The molecule has 1 atom stereocenters. The van der Waals surface area contributed by atoms with Crippen molar-refractivity contribution in [2.45, 2.75) is 16.4 Å². The maximum atomic E-state index is 12.5. The molecular formula is C4H4Br2ClF3. The van der Waals surface area contributed by atoms with Crippen LogP contribution in [0.25, 0.3) is 0 Å². The lowest BCUT2D eigenvalue weighted by Crippen LogP contribution is -2.33. The van der Waals surface area contributed by atoms with E-state index in [-0.39, 0.29) is 5.33 Å². The van der Waals surface area contributed by atoms with Crippen molar-refractivity contribution >= 4 is 43.5 Å². The van der Waals surface area contributed by atoms with E-state index in [0.29, 0.717) is 0 Å². The van der Waals surface area contributed by atoms with Crippen molar-refractivity contribution in [2.24, 2.45) is 0 Å². The van der Waals surface area contributed by atoms with E-state index < -0.39 is 16.4 Å². The fourth-order valence-corrected chi connectivity index (χ4v) is 1.33. The standard InChI is InChI=1S/C4H4Br2ClF3/c5-2-1-3(7,8)4(6,9)10/h1-2H2/t3-/m1/s1. The molecule has 0 nitrogen and oxygen atoms in total. The van der Waals surface area contributed by atoms with Crippen LogP contribution in [-0.4, -0.2) is 15.3 Å². The Bertz CT molecular complexity index is 112. The van der Waals surface area contributed by atoms with E-state index in [1.807, 2.05) is 15.9 Å². The Morgan fingerprint density at radius 2 is 1.70 bits per heavy atom. The topological polar surface area (TPSA) is 0 Å². The first-order valence-electron chi connectivity index (χ1n) is 2.32. The summed E-state index contributed by atoms with van der Waals surface area (Å²) in [6, 6.07) is 0. The molecule has 0 aliphatic rings. The highest BCUT2D eigenvalue weighted by atomic mass is 79.9. The van der Waals surface area contributed by atoms with Gasteiger partial charge in [0, 0.05) is 11.8 Å². The zero-order chi connectivity index (χ0) is 8.41. The molecule has 0 aromatic carbocycles. The summed E-state index contributed by atoms with van der Waals surface area (Å²) in [4.78, 5) is -3.67. The fraction of sp³-hybridized carbons (Fsp3) is 1.00. The summed E-state index contributed by atoms with van der Waals surface area (Å²) in [6.45, 7) is 0. The van der Waals surface area contributed by atoms with Gasteiger partial charge in [-0.05, 0) is 15.9 Å². The molecule has 10 heavy (non-hydrogen) atoms. The first-order valence-corrected chi connectivity index (χ1v) is 4.61. The highest BCUT2D eigenvalue weighted by molar-refractivity contribution is 9.10. The molecule has 0 aliphatic carbocycles. The summed E-state index contributed by atoms with van der Waals surface area (Å²) >= 11 is 9.46. The summed E-state index contributed by atoms with van der Waals surface area (Å²) in [5.74, 6) is 0. The van der Waals surface area contributed by atoms with Crippen LogP contribution in [0, 0.1) is 0 Å². The van der Waals surface area contributed by atoms with Crippen LogP contribution in [0.3, 0.4) is 0 Å². The maximum absolute atomic E-state index is 12.5. The predicted octanol–water partition coefficient (Wildman–Crippen LogP) is 3.66. The van der Waals surface area contributed by atoms with E-state index in [2.05, 4.69) is 15.9 Å². The van der Waals surface area contributed by atoms with Gasteiger partial charge < -0.3 is 0 Å². The first kappa shape index (κ1) is 11.0. The number of halogens is 6. The Labute approximate surface area is 78.4 Å². The molecule has 0 saturated heterocycles. The van der Waals surface area contributed by atoms with Crippen LogP contribution in [0.2, 0.25) is 0 Å². The molecule has 0 spiro atoms. The summed E-state index contributed by atoms with van der Waals surface area (Å²) < 4.78 is 36.7. The van der Waals surface area contributed by atoms with Crippen LogP contribution in [0.4, 0.5) is 13.2 Å². The lowest BCUT2D eigenvalue weighted by molar-refractivity contribution is -0.00600. The SMILES string of the molecule is FC(F)(Br)[C@@](F)(Cl)CCBr. The minimum absolute atomic E-state index is 0.0915. The molecule has 0 unspecified atom stereocenters. The van der Waals surface area contributed by atoms with E-state index in [9.17, 15) is 13.2 Å². The van der Waals surface area contributed by atoms with Crippen LogP contribution in [0.1, 0.15) is 6.42 Å². The molecule has 0 rings (SSSR count). The molecule has 0 N–H and O–H groups in total. The molecule has 0 radical (unpaired) electrons. The van der Waals surface area contributed by atoms with Gasteiger partial charge in [-0.3, -0.25) is 0 Å². The summed E-state index contributed by atoms with van der Waals surface area (Å²) in [5.41, 5.74) is 0. The number of rotatable bonds is 3. The molecule has 0 aliphatic heterocycles. The molecule has 0 aromatic heterocycles. The zero-order valence-electron chi connectivity index (χ0n) is 4.68. The zero-order valence-corrected chi connectivity index (χ0v) is 8.61. The van der Waals surface area contributed by atoms with Gasteiger partial charge in [0.1, 0.15) is 0 Å². The van der Waals surface area contributed by atoms with E-state index in [1.54, 1.807) is 0 Å². The van der Waals surface area contributed by atoms with E-state index >= 15 is 0 Å². The van der Waals surface area contributed by atoms with Crippen molar-refractivity contribution in [3.8, 4) is 0 Å². The average molecular weight is 304 g/mol. The monoisotopic (exact) mass is 302 g/mol. The van der Waals surface area contributed by atoms with Gasteiger partial charge in [-0.15, -0.1) is 0 Å². The molecular weight excluding hydrogens is 300 g/mol. The highest BCUT2D eigenvalue weighted by Crippen LogP contribution is 2.43. The molecule has 0 heterocycles. The highest BCUT2D eigenvalue weighted by Gasteiger charge is 2.50. The van der Waals surface area contributed by atoms with E-state index in [0.717, 1.165) is 0 Å². The van der Waals surface area contributed by atoms with Crippen molar-refractivity contribution in [1.29, 1.82) is 0 Å². The lowest BCUT2D eigenvalue weighted by Gasteiger charge is -2.21. The van der Waals surface area contributed by atoms with Gasteiger partial charge in [0.2, 0.25) is 0 Å².